The lowest BCUT2D eigenvalue weighted by Crippen LogP contribution is -2.43. The number of carbonyl (C=O) groups is 2. The molecule has 1 N–H and O–H groups in total. The molecule has 24 heavy (non-hydrogen) atoms. The predicted octanol–water partition coefficient (Wildman–Crippen LogP) is 3.33. The lowest BCUT2D eigenvalue weighted by molar-refractivity contribution is -0.873. The molecule has 0 radical (unpaired) electrons. The third-order valence-corrected chi connectivity index (χ3v) is 3.02. The standard InChI is InChI=1S/C19H31NO4/c1-5-6-7-8-9-10-11-12-13-14-19(23)24-17(15-18(21)22)16-20(2,3)4/h7-8,10-11,13-14,17H,5-6,9,12,15-16H2,1-4H3/p+1/b8-7+,11-10+,14-13+. The summed E-state index contributed by atoms with van der Waals surface area (Å²) in [4.78, 5) is 22.7. The second-order valence-electron chi connectivity index (χ2n) is 6.73. The summed E-state index contributed by atoms with van der Waals surface area (Å²) in [7, 11) is 5.79. The van der Waals surface area contributed by atoms with Crippen molar-refractivity contribution >= 4 is 11.9 Å². The molecular formula is C19H32NO4+. The molecule has 0 saturated heterocycles. The summed E-state index contributed by atoms with van der Waals surface area (Å²) in [6.45, 7) is 2.60. The molecule has 0 amide bonds. The van der Waals surface area contributed by atoms with Crippen LogP contribution in [0, 0.1) is 0 Å². The highest BCUT2D eigenvalue weighted by molar-refractivity contribution is 5.82. The Kier molecular flexibility index (Phi) is 11.5. The smallest absolute Gasteiger partial charge is 0.330 e. The van der Waals surface area contributed by atoms with Crippen LogP contribution in [0.2, 0.25) is 0 Å². The molecule has 0 saturated carbocycles. The van der Waals surface area contributed by atoms with E-state index in [-0.39, 0.29) is 6.42 Å². The average Bonchev–Trinajstić information content (AvgIpc) is 2.42. The zero-order chi connectivity index (χ0) is 18.4. The largest absolute Gasteiger partial charge is 0.481 e. The van der Waals surface area contributed by atoms with Gasteiger partial charge in [-0.15, -0.1) is 0 Å². The van der Waals surface area contributed by atoms with Crippen LogP contribution < -0.4 is 0 Å². The Morgan fingerprint density at radius 2 is 1.62 bits per heavy atom. The van der Waals surface area contributed by atoms with Gasteiger partial charge in [0.05, 0.1) is 27.6 Å². The first-order valence-electron chi connectivity index (χ1n) is 8.44. The monoisotopic (exact) mass is 338 g/mol. The Labute approximate surface area is 145 Å². The number of esters is 1. The zero-order valence-corrected chi connectivity index (χ0v) is 15.4. The van der Waals surface area contributed by atoms with Gasteiger partial charge in [0.15, 0.2) is 6.10 Å². The first-order valence-corrected chi connectivity index (χ1v) is 8.44. The Morgan fingerprint density at radius 3 is 2.17 bits per heavy atom. The van der Waals surface area contributed by atoms with Crippen molar-refractivity contribution in [2.24, 2.45) is 0 Å². The molecule has 0 aromatic rings. The van der Waals surface area contributed by atoms with Crippen molar-refractivity contribution in [1.82, 2.24) is 0 Å². The number of likely N-dealkylation sites (N-methyl/N-ethyl adjacent to an activating group) is 1. The third kappa shape index (κ3) is 15.0. The maximum Gasteiger partial charge on any atom is 0.330 e. The summed E-state index contributed by atoms with van der Waals surface area (Å²) in [5.74, 6) is -1.46. The highest BCUT2D eigenvalue weighted by Gasteiger charge is 2.23. The van der Waals surface area contributed by atoms with Crippen LogP contribution in [0.4, 0.5) is 0 Å². The van der Waals surface area contributed by atoms with E-state index in [0.717, 1.165) is 19.3 Å². The van der Waals surface area contributed by atoms with Crippen molar-refractivity contribution in [3.63, 3.8) is 0 Å². The maximum atomic E-state index is 11.8. The van der Waals surface area contributed by atoms with E-state index in [9.17, 15) is 9.59 Å². The van der Waals surface area contributed by atoms with Crippen LogP contribution in [0.5, 0.6) is 0 Å². The number of aliphatic carboxylic acids is 1. The van der Waals surface area contributed by atoms with Crippen molar-refractivity contribution in [3.8, 4) is 0 Å². The fourth-order valence-electron chi connectivity index (χ4n) is 2.05. The van der Waals surface area contributed by atoms with Gasteiger partial charge in [0, 0.05) is 6.08 Å². The molecule has 0 heterocycles. The van der Waals surface area contributed by atoms with Crippen molar-refractivity contribution in [1.29, 1.82) is 0 Å². The van der Waals surface area contributed by atoms with E-state index >= 15 is 0 Å². The molecule has 0 aromatic heterocycles. The second kappa shape index (κ2) is 12.5. The van der Waals surface area contributed by atoms with E-state index in [1.165, 1.54) is 6.08 Å². The molecule has 5 heteroatoms. The van der Waals surface area contributed by atoms with Gasteiger partial charge < -0.3 is 14.3 Å². The fraction of sp³-hybridized carbons (Fsp3) is 0.579. The lowest BCUT2D eigenvalue weighted by Gasteiger charge is -2.28. The highest BCUT2D eigenvalue weighted by Crippen LogP contribution is 2.06. The third-order valence-electron chi connectivity index (χ3n) is 3.02. The molecule has 0 bridgehead atoms. The number of quaternary nitrogens is 1. The van der Waals surface area contributed by atoms with Crippen LogP contribution in [0.15, 0.2) is 36.5 Å². The SMILES string of the molecule is CCC/C=C/C/C=C/C/C=C/C(=O)OC(CC(=O)O)C[N+](C)(C)C. The molecule has 136 valence electrons. The van der Waals surface area contributed by atoms with Crippen LogP contribution in [0.3, 0.4) is 0 Å². The van der Waals surface area contributed by atoms with Crippen LogP contribution >= 0.6 is 0 Å². The fourth-order valence-corrected chi connectivity index (χ4v) is 2.05. The van der Waals surface area contributed by atoms with Gasteiger partial charge in [-0.2, -0.15) is 0 Å². The van der Waals surface area contributed by atoms with Crippen LogP contribution in [0.1, 0.15) is 39.0 Å². The van der Waals surface area contributed by atoms with Gasteiger partial charge in [0.2, 0.25) is 0 Å². The second-order valence-corrected chi connectivity index (χ2v) is 6.73. The van der Waals surface area contributed by atoms with Crippen molar-refractivity contribution in [2.45, 2.75) is 45.1 Å². The quantitative estimate of drug-likeness (QED) is 0.257. The summed E-state index contributed by atoms with van der Waals surface area (Å²) < 4.78 is 5.78. The minimum atomic E-state index is -0.968. The number of unbranched alkanes of at least 4 members (excludes halogenated alkanes) is 1. The molecule has 1 unspecified atom stereocenters. The van der Waals surface area contributed by atoms with Crippen molar-refractivity contribution in [3.05, 3.63) is 36.5 Å². The van der Waals surface area contributed by atoms with Gasteiger partial charge in [-0.25, -0.2) is 4.79 Å². The maximum absolute atomic E-state index is 11.8. The number of carboxylic acid groups (broad SMARTS) is 1. The first kappa shape index (κ1) is 22.1. The molecule has 0 aliphatic heterocycles. The van der Waals surface area contributed by atoms with Crippen molar-refractivity contribution < 1.29 is 23.9 Å². The normalized spacial score (nSPS) is 13.8. The molecule has 0 spiro atoms. The number of carboxylic acids is 1. The Morgan fingerprint density at radius 1 is 1.04 bits per heavy atom. The van der Waals surface area contributed by atoms with Gasteiger partial charge in [-0.1, -0.05) is 43.7 Å². The summed E-state index contributed by atoms with van der Waals surface area (Å²) in [6.07, 6.45) is 14.4. The van der Waals surface area contributed by atoms with Crippen molar-refractivity contribution in [2.75, 3.05) is 27.7 Å². The highest BCUT2D eigenvalue weighted by atomic mass is 16.5. The number of hydrogen-bond donors (Lipinski definition) is 1. The van der Waals surface area contributed by atoms with Crippen LogP contribution in [-0.4, -0.2) is 55.3 Å². The number of carbonyl (C=O) groups excluding carboxylic acids is 1. The topological polar surface area (TPSA) is 63.6 Å². The van der Waals surface area contributed by atoms with Crippen LogP contribution in [-0.2, 0) is 14.3 Å². The number of rotatable bonds is 12. The van der Waals surface area contributed by atoms with Gasteiger partial charge in [-0.05, 0) is 19.3 Å². The minimum absolute atomic E-state index is 0.181. The average molecular weight is 338 g/mol. The van der Waals surface area contributed by atoms with E-state index in [1.807, 2.05) is 33.3 Å². The number of hydrogen-bond acceptors (Lipinski definition) is 3. The number of ether oxygens (including phenoxy) is 1. The Balaban J connectivity index is 4.22. The van der Waals surface area contributed by atoms with E-state index in [2.05, 4.69) is 19.1 Å². The molecule has 0 aromatic carbocycles. The summed E-state index contributed by atoms with van der Waals surface area (Å²) in [5.41, 5.74) is 0. The molecule has 0 aliphatic rings. The van der Waals surface area contributed by atoms with E-state index in [1.54, 1.807) is 6.08 Å². The predicted molar refractivity (Wildman–Crippen MR) is 96.6 cm³/mol. The summed E-state index contributed by atoms with van der Waals surface area (Å²) in [5, 5.41) is 8.91. The Bertz CT molecular complexity index is 458. The number of allylic oxidation sites excluding steroid dienone is 5. The molecule has 5 nitrogen and oxygen atoms in total. The minimum Gasteiger partial charge on any atom is -0.481 e. The zero-order valence-electron chi connectivity index (χ0n) is 15.4. The van der Waals surface area contributed by atoms with Crippen LogP contribution in [0.25, 0.3) is 0 Å². The van der Waals surface area contributed by atoms with Gasteiger partial charge in [-0.3, -0.25) is 4.79 Å². The van der Waals surface area contributed by atoms with E-state index in [4.69, 9.17) is 9.84 Å². The van der Waals surface area contributed by atoms with Gasteiger partial charge >= 0.3 is 11.9 Å². The molecule has 1 atom stereocenters. The molecule has 0 fully saturated rings. The molecular weight excluding hydrogens is 306 g/mol. The van der Waals surface area contributed by atoms with Gasteiger partial charge in [0.25, 0.3) is 0 Å². The first-order chi connectivity index (χ1) is 11.2. The number of nitrogens with zero attached hydrogens (tertiary/aromatic N) is 1. The molecule has 0 rings (SSSR count). The molecule has 0 aliphatic carbocycles. The summed E-state index contributed by atoms with van der Waals surface area (Å²) >= 11 is 0. The summed E-state index contributed by atoms with van der Waals surface area (Å²) in [6, 6.07) is 0. The Hall–Kier alpha value is -1.88. The van der Waals surface area contributed by atoms with E-state index < -0.39 is 18.0 Å². The lowest BCUT2D eigenvalue weighted by atomic mass is 10.2. The van der Waals surface area contributed by atoms with Gasteiger partial charge in [0.1, 0.15) is 6.54 Å². The van der Waals surface area contributed by atoms with E-state index in [0.29, 0.717) is 17.4 Å².